The Morgan fingerprint density at radius 1 is 1.35 bits per heavy atom. The van der Waals surface area contributed by atoms with Gasteiger partial charge in [-0.1, -0.05) is 6.07 Å². The highest BCUT2D eigenvalue weighted by Gasteiger charge is 2.12. The van der Waals surface area contributed by atoms with Crippen molar-refractivity contribution in [3.63, 3.8) is 0 Å². The second-order valence-corrected chi connectivity index (χ2v) is 4.64. The molecule has 5 heteroatoms. The zero-order valence-electron chi connectivity index (χ0n) is 9.44. The van der Waals surface area contributed by atoms with E-state index < -0.39 is 0 Å². The van der Waals surface area contributed by atoms with Gasteiger partial charge in [0.1, 0.15) is 21.6 Å². The van der Waals surface area contributed by atoms with Gasteiger partial charge in [-0.05, 0) is 35.0 Å². The molecule has 2 aromatic heterocycles. The molecule has 17 heavy (non-hydrogen) atoms. The van der Waals surface area contributed by atoms with Crippen LogP contribution in [0.5, 0.6) is 0 Å². The molecular formula is C12H10BrN3O. The molecule has 1 aromatic carbocycles. The third kappa shape index (κ3) is 1.58. The zero-order valence-corrected chi connectivity index (χ0v) is 11.0. The third-order valence-corrected chi connectivity index (χ3v) is 3.76. The van der Waals surface area contributed by atoms with Crippen molar-refractivity contribution in [1.82, 2.24) is 14.5 Å². The Morgan fingerprint density at radius 3 is 2.88 bits per heavy atom. The van der Waals surface area contributed by atoms with Crippen LogP contribution < -0.4 is 0 Å². The Hall–Kier alpha value is -1.62. The molecule has 0 fully saturated rings. The highest BCUT2D eigenvalue weighted by Crippen LogP contribution is 2.29. The van der Waals surface area contributed by atoms with E-state index in [-0.39, 0.29) is 0 Å². The molecule has 2 heterocycles. The van der Waals surface area contributed by atoms with Crippen LogP contribution in [0.25, 0.3) is 22.4 Å². The molecule has 86 valence electrons. The number of hydrogen-bond donors (Lipinski definition) is 0. The molecule has 0 saturated heterocycles. The van der Waals surface area contributed by atoms with Crippen molar-refractivity contribution in [2.24, 2.45) is 7.05 Å². The Bertz CT molecular complexity index is 699. The van der Waals surface area contributed by atoms with Crippen molar-refractivity contribution in [2.45, 2.75) is 6.92 Å². The first-order valence-electron chi connectivity index (χ1n) is 5.19. The van der Waals surface area contributed by atoms with E-state index >= 15 is 0 Å². The second kappa shape index (κ2) is 3.70. The van der Waals surface area contributed by atoms with Crippen LogP contribution in [0.2, 0.25) is 0 Å². The maximum atomic E-state index is 5.30. The Morgan fingerprint density at radius 2 is 2.18 bits per heavy atom. The topological polar surface area (TPSA) is 43.9 Å². The monoisotopic (exact) mass is 291 g/mol. The molecule has 4 nitrogen and oxygen atoms in total. The third-order valence-electron chi connectivity index (χ3n) is 2.85. The summed E-state index contributed by atoms with van der Waals surface area (Å²) >= 11 is 3.55. The summed E-state index contributed by atoms with van der Waals surface area (Å²) in [7, 11) is 1.98. The number of aromatic nitrogens is 3. The van der Waals surface area contributed by atoms with E-state index in [1.165, 1.54) is 6.39 Å². The lowest BCUT2D eigenvalue weighted by molar-refractivity contribution is 0.602. The highest BCUT2D eigenvalue weighted by molar-refractivity contribution is 9.10. The number of halogens is 1. The van der Waals surface area contributed by atoms with Crippen LogP contribution in [0, 0.1) is 6.92 Å². The summed E-state index contributed by atoms with van der Waals surface area (Å²) < 4.78 is 8.26. The summed E-state index contributed by atoms with van der Waals surface area (Å²) in [5, 5.41) is 0. The molecule has 0 aliphatic carbocycles. The molecule has 0 spiro atoms. The quantitative estimate of drug-likeness (QED) is 0.691. The van der Waals surface area contributed by atoms with Gasteiger partial charge in [-0.15, -0.1) is 0 Å². The number of aryl methyl sites for hydroxylation is 1. The van der Waals surface area contributed by atoms with E-state index in [9.17, 15) is 0 Å². The first-order chi connectivity index (χ1) is 8.16. The van der Waals surface area contributed by atoms with E-state index in [2.05, 4.69) is 25.9 Å². The highest BCUT2D eigenvalue weighted by atomic mass is 79.9. The van der Waals surface area contributed by atoms with Gasteiger partial charge in [0.05, 0.1) is 0 Å². The van der Waals surface area contributed by atoms with E-state index in [0.717, 1.165) is 32.8 Å². The maximum Gasteiger partial charge on any atom is 0.181 e. The number of imidazole rings is 1. The van der Waals surface area contributed by atoms with Crippen LogP contribution in [-0.4, -0.2) is 14.5 Å². The van der Waals surface area contributed by atoms with Gasteiger partial charge in [0.25, 0.3) is 0 Å². The van der Waals surface area contributed by atoms with Crippen LogP contribution >= 0.6 is 15.9 Å². The number of fused-ring (bicyclic) bond motifs is 1. The maximum absolute atomic E-state index is 5.30. The molecule has 0 aliphatic rings. The summed E-state index contributed by atoms with van der Waals surface area (Å²) in [5.74, 6) is 0.963. The fourth-order valence-electron chi connectivity index (χ4n) is 1.77. The van der Waals surface area contributed by atoms with Crippen LogP contribution in [0.3, 0.4) is 0 Å². The minimum Gasteiger partial charge on any atom is -0.443 e. The van der Waals surface area contributed by atoms with E-state index in [1.807, 2.05) is 36.7 Å². The number of rotatable bonds is 1. The van der Waals surface area contributed by atoms with Crippen LogP contribution in [0.15, 0.2) is 33.6 Å². The van der Waals surface area contributed by atoms with Crippen LogP contribution in [-0.2, 0) is 7.05 Å². The van der Waals surface area contributed by atoms with Gasteiger partial charge in [0.15, 0.2) is 12.0 Å². The summed E-state index contributed by atoms with van der Waals surface area (Å²) in [6.07, 6.45) is 1.45. The fraction of sp³-hybridized carbons (Fsp3) is 0.167. The average molecular weight is 292 g/mol. The Labute approximate surface area is 106 Å². The minimum atomic E-state index is 0.776. The normalized spacial score (nSPS) is 11.2. The largest absolute Gasteiger partial charge is 0.443 e. The number of nitrogens with zero attached hydrogens (tertiary/aromatic N) is 3. The van der Waals surface area contributed by atoms with Crippen molar-refractivity contribution < 1.29 is 4.42 Å². The fourth-order valence-corrected chi connectivity index (χ4v) is 2.34. The van der Waals surface area contributed by atoms with Crippen molar-refractivity contribution in [2.75, 3.05) is 0 Å². The predicted octanol–water partition coefficient (Wildman–Crippen LogP) is 3.30. The van der Waals surface area contributed by atoms with E-state index in [4.69, 9.17) is 4.42 Å². The summed E-state index contributed by atoms with van der Waals surface area (Å²) in [5.41, 5.74) is 3.57. The SMILES string of the molecule is Cc1nc(-c2ccc3ncoc3c2)c(Br)n1C. The van der Waals surface area contributed by atoms with E-state index in [1.54, 1.807) is 0 Å². The van der Waals surface area contributed by atoms with Gasteiger partial charge >= 0.3 is 0 Å². The van der Waals surface area contributed by atoms with Gasteiger partial charge in [0, 0.05) is 12.6 Å². The molecule has 0 radical (unpaired) electrons. The van der Waals surface area contributed by atoms with Crippen molar-refractivity contribution >= 4 is 27.0 Å². The standard InChI is InChI=1S/C12H10BrN3O/c1-7-15-11(12(13)16(7)2)8-3-4-9-10(5-8)17-6-14-9/h3-6H,1-2H3. The number of hydrogen-bond acceptors (Lipinski definition) is 3. The van der Waals surface area contributed by atoms with Crippen LogP contribution in [0.4, 0.5) is 0 Å². The molecule has 0 unspecified atom stereocenters. The van der Waals surface area contributed by atoms with Crippen molar-refractivity contribution in [1.29, 1.82) is 0 Å². The predicted molar refractivity (Wildman–Crippen MR) is 68.6 cm³/mol. The summed E-state index contributed by atoms with van der Waals surface area (Å²) in [6, 6.07) is 5.89. The average Bonchev–Trinajstić information content (AvgIpc) is 2.89. The van der Waals surface area contributed by atoms with Gasteiger partial charge < -0.3 is 8.98 Å². The lowest BCUT2D eigenvalue weighted by Crippen LogP contribution is -1.90. The van der Waals surface area contributed by atoms with Crippen LogP contribution in [0.1, 0.15) is 5.82 Å². The van der Waals surface area contributed by atoms with Gasteiger partial charge in [0.2, 0.25) is 0 Å². The Balaban J connectivity index is 2.22. The van der Waals surface area contributed by atoms with Crippen molar-refractivity contribution in [3.8, 4) is 11.3 Å². The smallest absolute Gasteiger partial charge is 0.181 e. The second-order valence-electron chi connectivity index (χ2n) is 3.89. The molecule has 0 amide bonds. The molecular weight excluding hydrogens is 282 g/mol. The molecule has 0 saturated carbocycles. The van der Waals surface area contributed by atoms with Gasteiger partial charge in [-0.3, -0.25) is 0 Å². The first kappa shape index (κ1) is 10.5. The first-order valence-corrected chi connectivity index (χ1v) is 5.98. The van der Waals surface area contributed by atoms with Gasteiger partial charge in [-0.25, -0.2) is 9.97 Å². The van der Waals surface area contributed by atoms with E-state index in [0.29, 0.717) is 0 Å². The van der Waals surface area contributed by atoms with Crippen molar-refractivity contribution in [3.05, 3.63) is 35.0 Å². The minimum absolute atomic E-state index is 0.776. The molecule has 3 aromatic rings. The zero-order chi connectivity index (χ0) is 12.0. The molecule has 0 bridgehead atoms. The molecule has 0 aliphatic heterocycles. The lowest BCUT2D eigenvalue weighted by atomic mass is 10.1. The Kier molecular flexibility index (Phi) is 2.29. The molecule has 0 atom stereocenters. The lowest BCUT2D eigenvalue weighted by Gasteiger charge is -1.98. The molecule has 0 N–H and O–H groups in total. The molecule has 3 rings (SSSR count). The number of oxazole rings is 1. The number of benzene rings is 1. The van der Waals surface area contributed by atoms with Gasteiger partial charge in [-0.2, -0.15) is 0 Å². The summed E-state index contributed by atoms with van der Waals surface area (Å²) in [6.45, 7) is 1.97. The summed E-state index contributed by atoms with van der Waals surface area (Å²) in [4.78, 5) is 8.62.